The molecule has 0 bridgehead atoms. The Morgan fingerprint density at radius 1 is 1.14 bits per heavy atom. The molecule has 0 aliphatic heterocycles. The molecule has 0 saturated carbocycles. The molecule has 3 aromatic rings. The van der Waals surface area contributed by atoms with E-state index in [0.29, 0.717) is 17.4 Å². The Kier molecular flexibility index (Phi) is 6.16. The molecule has 1 heterocycles. The summed E-state index contributed by atoms with van der Waals surface area (Å²) in [6, 6.07) is 11.8. The van der Waals surface area contributed by atoms with Crippen molar-refractivity contribution in [1.29, 1.82) is 0 Å². The third-order valence-electron chi connectivity index (χ3n) is 4.21. The minimum absolute atomic E-state index is 0.0505. The fourth-order valence-electron chi connectivity index (χ4n) is 2.72. The average Bonchev–Trinajstić information content (AvgIpc) is 3.08. The lowest BCUT2D eigenvalue weighted by atomic mass is 10.1. The predicted octanol–water partition coefficient (Wildman–Crippen LogP) is 4.01. The summed E-state index contributed by atoms with van der Waals surface area (Å²) in [5, 5.41) is 7.47. The van der Waals surface area contributed by atoms with Gasteiger partial charge in [0.2, 0.25) is 5.91 Å². The Morgan fingerprint density at radius 3 is 2.68 bits per heavy atom. The summed E-state index contributed by atoms with van der Waals surface area (Å²) in [7, 11) is 0. The maximum atomic E-state index is 13.7. The van der Waals surface area contributed by atoms with Crippen molar-refractivity contribution in [3.63, 3.8) is 0 Å². The van der Waals surface area contributed by atoms with E-state index in [0.717, 1.165) is 11.1 Å². The molecule has 2 N–H and O–H groups in total. The lowest BCUT2D eigenvalue weighted by molar-refractivity contribution is -0.120. The van der Waals surface area contributed by atoms with Crippen LogP contribution in [0.1, 0.15) is 32.7 Å². The van der Waals surface area contributed by atoms with Crippen molar-refractivity contribution in [2.24, 2.45) is 0 Å². The predicted molar refractivity (Wildman–Crippen MR) is 108 cm³/mol. The number of thiazole rings is 1. The number of aryl methyl sites for hydroxylation is 2. The fourth-order valence-corrected chi connectivity index (χ4v) is 3.43. The first-order valence-electron chi connectivity index (χ1n) is 8.75. The highest BCUT2D eigenvalue weighted by Crippen LogP contribution is 2.18. The second-order valence-electron chi connectivity index (χ2n) is 6.46. The van der Waals surface area contributed by atoms with Crippen LogP contribution in [0.4, 0.5) is 9.52 Å². The van der Waals surface area contributed by atoms with E-state index < -0.39 is 11.7 Å². The number of hydrogen-bond acceptors (Lipinski definition) is 4. The summed E-state index contributed by atoms with van der Waals surface area (Å²) in [5.41, 5.74) is 3.87. The molecule has 144 valence electrons. The van der Waals surface area contributed by atoms with Gasteiger partial charge in [-0.25, -0.2) is 9.37 Å². The third-order valence-corrected chi connectivity index (χ3v) is 5.01. The van der Waals surface area contributed by atoms with Crippen molar-refractivity contribution in [2.75, 3.05) is 5.32 Å². The quantitative estimate of drug-likeness (QED) is 0.660. The Hall–Kier alpha value is -3.06. The zero-order chi connectivity index (χ0) is 20.1. The van der Waals surface area contributed by atoms with Gasteiger partial charge in [-0.2, -0.15) is 0 Å². The minimum Gasteiger partial charge on any atom is -0.352 e. The Morgan fingerprint density at radius 2 is 1.93 bits per heavy atom. The van der Waals surface area contributed by atoms with E-state index in [1.54, 1.807) is 11.4 Å². The molecule has 1 aromatic heterocycles. The van der Waals surface area contributed by atoms with E-state index in [1.165, 1.54) is 35.1 Å². The number of carbonyl (C=O) groups excluding carboxylic acids is 2. The first-order valence-corrected chi connectivity index (χ1v) is 9.63. The van der Waals surface area contributed by atoms with Crippen LogP contribution in [0.2, 0.25) is 0 Å². The summed E-state index contributed by atoms with van der Waals surface area (Å²) in [4.78, 5) is 28.5. The van der Waals surface area contributed by atoms with Gasteiger partial charge < -0.3 is 5.32 Å². The van der Waals surface area contributed by atoms with Gasteiger partial charge in [0, 0.05) is 11.9 Å². The molecular formula is C21H20FN3O2S. The van der Waals surface area contributed by atoms with Crippen LogP contribution in [0.3, 0.4) is 0 Å². The van der Waals surface area contributed by atoms with Crippen LogP contribution in [0.25, 0.3) is 0 Å². The van der Waals surface area contributed by atoms with Gasteiger partial charge in [0.15, 0.2) is 5.13 Å². The lowest BCUT2D eigenvalue weighted by Gasteiger charge is -2.08. The molecule has 0 atom stereocenters. The molecule has 7 heteroatoms. The maximum Gasteiger partial charge on any atom is 0.260 e. The molecule has 0 radical (unpaired) electrons. The first-order chi connectivity index (χ1) is 13.4. The highest BCUT2D eigenvalue weighted by atomic mass is 32.1. The van der Waals surface area contributed by atoms with Crippen LogP contribution in [-0.2, 0) is 17.8 Å². The minimum atomic E-state index is -0.595. The Labute approximate surface area is 166 Å². The van der Waals surface area contributed by atoms with Crippen molar-refractivity contribution < 1.29 is 14.0 Å². The number of halogens is 1. The van der Waals surface area contributed by atoms with Gasteiger partial charge in [-0.3, -0.25) is 14.9 Å². The molecule has 2 amide bonds. The molecule has 0 aliphatic carbocycles. The normalized spacial score (nSPS) is 10.5. The monoisotopic (exact) mass is 397 g/mol. The number of anilines is 1. The van der Waals surface area contributed by atoms with Gasteiger partial charge in [-0.05, 0) is 37.1 Å². The lowest BCUT2D eigenvalue weighted by Crippen LogP contribution is -2.25. The van der Waals surface area contributed by atoms with E-state index >= 15 is 0 Å². The number of benzene rings is 2. The first kappa shape index (κ1) is 19.7. The number of amides is 2. The van der Waals surface area contributed by atoms with Crippen molar-refractivity contribution in [2.45, 2.75) is 26.8 Å². The number of nitrogens with zero attached hydrogens (tertiary/aromatic N) is 1. The molecule has 2 aromatic carbocycles. The molecule has 0 fully saturated rings. The zero-order valence-corrected chi connectivity index (χ0v) is 16.4. The highest BCUT2D eigenvalue weighted by Gasteiger charge is 2.14. The summed E-state index contributed by atoms with van der Waals surface area (Å²) in [6.45, 7) is 4.49. The van der Waals surface area contributed by atoms with Crippen LogP contribution >= 0.6 is 11.3 Å². The van der Waals surface area contributed by atoms with Crippen molar-refractivity contribution >= 4 is 28.3 Å². The van der Waals surface area contributed by atoms with Gasteiger partial charge in [-0.15, -0.1) is 11.3 Å². The highest BCUT2D eigenvalue weighted by molar-refractivity contribution is 7.14. The van der Waals surface area contributed by atoms with Crippen molar-refractivity contribution in [3.8, 4) is 0 Å². The summed E-state index contributed by atoms with van der Waals surface area (Å²) < 4.78 is 13.7. The second-order valence-corrected chi connectivity index (χ2v) is 7.32. The SMILES string of the molecule is Cc1ccc(CNC(=O)Cc2csc(NC(=O)c3ccccc3F)n2)c(C)c1. The van der Waals surface area contributed by atoms with Crippen LogP contribution in [-0.4, -0.2) is 16.8 Å². The van der Waals surface area contributed by atoms with Crippen LogP contribution in [0.5, 0.6) is 0 Å². The van der Waals surface area contributed by atoms with E-state index in [1.807, 2.05) is 26.0 Å². The van der Waals surface area contributed by atoms with Crippen molar-refractivity contribution in [3.05, 3.63) is 81.6 Å². The summed E-state index contributed by atoms with van der Waals surface area (Å²) in [5.74, 6) is -1.32. The molecule has 28 heavy (non-hydrogen) atoms. The van der Waals surface area contributed by atoms with Crippen molar-refractivity contribution in [1.82, 2.24) is 10.3 Å². The number of aromatic nitrogens is 1. The Balaban J connectivity index is 1.54. The third kappa shape index (κ3) is 5.01. The molecular weight excluding hydrogens is 377 g/mol. The summed E-state index contributed by atoms with van der Waals surface area (Å²) in [6.07, 6.45) is 0.108. The smallest absolute Gasteiger partial charge is 0.260 e. The van der Waals surface area contributed by atoms with Crippen LogP contribution in [0.15, 0.2) is 47.8 Å². The topological polar surface area (TPSA) is 71.1 Å². The summed E-state index contributed by atoms with van der Waals surface area (Å²) >= 11 is 1.19. The van der Waals surface area contributed by atoms with Gasteiger partial charge >= 0.3 is 0 Å². The fraction of sp³-hybridized carbons (Fsp3) is 0.190. The molecule has 3 rings (SSSR count). The van der Waals surface area contributed by atoms with Gasteiger partial charge in [-0.1, -0.05) is 35.9 Å². The van der Waals surface area contributed by atoms with E-state index in [-0.39, 0.29) is 17.9 Å². The van der Waals surface area contributed by atoms with E-state index in [4.69, 9.17) is 0 Å². The Bertz CT molecular complexity index is 1020. The number of rotatable bonds is 6. The number of hydrogen-bond donors (Lipinski definition) is 2. The van der Waals surface area contributed by atoms with Gasteiger partial charge in [0.25, 0.3) is 5.91 Å². The largest absolute Gasteiger partial charge is 0.352 e. The van der Waals surface area contributed by atoms with E-state index in [2.05, 4.69) is 21.7 Å². The number of carbonyl (C=O) groups is 2. The molecule has 0 saturated heterocycles. The molecule has 0 aliphatic rings. The average molecular weight is 397 g/mol. The van der Waals surface area contributed by atoms with Gasteiger partial charge in [0.05, 0.1) is 17.7 Å². The molecule has 0 unspecified atom stereocenters. The standard InChI is InChI=1S/C21H20FN3O2S/c1-13-7-8-15(14(2)9-13)11-23-19(26)10-16-12-28-21(24-16)25-20(27)17-5-3-4-6-18(17)22/h3-9,12H,10-11H2,1-2H3,(H,23,26)(H,24,25,27). The van der Waals surface area contributed by atoms with Crippen LogP contribution < -0.4 is 10.6 Å². The maximum absolute atomic E-state index is 13.7. The van der Waals surface area contributed by atoms with Crippen LogP contribution in [0, 0.1) is 19.7 Å². The molecule has 0 spiro atoms. The van der Waals surface area contributed by atoms with Gasteiger partial charge in [0.1, 0.15) is 5.82 Å². The second kappa shape index (κ2) is 8.75. The molecule has 5 nitrogen and oxygen atoms in total. The number of nitrogens with one attached hydrogen (secondary N) is 2. The van der Waals surface area contributed by atoms with E-state index in [9.17, 15) is 14.0 Å². The zero-order valence-electron chi connectivity index (χ0n) is 15.6.